The zero-order chi connectivity index (χ0) is 18.0. The van der Waals surface area contributed by atoms with Crippen LogP contribution in [0.4, 0.5) is 14.5 Å². The molecule has 1 N–H and O–H groups in total. The molecule has 1 heterocycles. The topological polar surface area (TPSA) is 69.0 Å². The van der Waals surface area contributed by atoms with Crippen molar-refractivity contribution in [2.24, 2.45) is 7.05 Å². The highest BCUT2D eigenvalue weighted by Gasteiger charge is 2.21. The molecule has 0 saturated carbocycles. The van der Waals surface area contributed by atoms with Crippen molar-refractivity contribution in [3.05, 3.63) is 59.9 Å². The summed E-state index contributed by atoms with van der Waals surface area (Å²) in [6.07, 6.45) is 1.55. The van der Waals surface area contributed by atoms with Crippen LogP contribution >= 0.6 is 0 Å². The highest BCUT2D eigenvalue weighted by atomic mass is 19.1. The molecule has 0 radical (unpaired) electrons. The summed E-state index contributed by atoms with van der Waals surface area (Å²) in [5.41, 5.74) is 0.618. The molecule has 0 unspecified atom stereocenters. The van der Waals surface area contributed by atoms with E-state index in [9.17, 15) is 13.6 Å². The molecule has 128 valence electrons. The van der Waals surface area contributed by atoms with Crippen LogP contribution in [0.5, 0.6) is 5.75 Å². The van der Waals surface area contributed by atoms with Crippen molar-refractivity contribution in [3.8, 4) is 17.1 Å². The van der Waals surface area contributed by atoms with Crippen LogP contribution in [0.2, 0.25) is 0 Å². The number of aryl methyl sites for hydroxylation is 1. The Labute approximate surface area is 142 Å². The van der Waals surface area contributed by atoms with Gasteiger partial charge in [0.2, 0.25) is 0 Å². The highest BCUT2D eigenvalue weighted by Crippen LogP contribution is 2.27. The summed E-state index contributed by atoms with van der Waals surface area (Å²) in [7, 11) is 2.96. The fourth-order valence-corrected chi connectivity index (χ4v) is 2.42. The Morgan fingerprint density at radius 2 is 1.96 bits per heavy atom. The van der Waals surface area contributed by atoms with Crippen molar-refractivity contribution in [2.45, 2.75) is 0 Å². The van der Waals surface area contributed by atoms with Gasteiger partial charge in [0, 0.05) is 18.3 Å². The van der Waals surface area contributed by atoms with Gasteiger partial charge in [-0.25, -0.2) is 8.78 Å². The molecule has 0 fully saturated rings. The van der Waals surface area contributed by atoms with E-state index >= 15 is 0 Å². The van der Waals surface area contributed by atoms with Crippen molar-refractivity contribution in [3.63, 3.8) is 0 Å². The number of carbonyl (C=O) groups excluding carboxylic acids is 1. The zero-order valence-electron chi connectivity index (χ0n) is 13.5. The van der Waals surface area contributed by atoms with E-state index in [0.717, 1.165) is 12.1 Å². The van der Waals surface area contributed by atoms with Gasteiger partial charge in [0.05, 0.1) is 7.11 Å². The van der Waals surface area contributed by atoms with Crippen molar-refractivity contribution in [1.82, 2.24) is 14.8 Å². The molecule has 0 saturated heterocycles. The average Bonchev–Trinajstić information content (AvgIpc) is 3.02. The fraction of sp³-hybridized carbons (Fsp3) is 0.118. The molecule has 0 bridgehead atoms. The van der Waals surface area contributed by atoms with E-state index in [0.29, 0.717) is 17.1 Å². The van der Waals surface area contributed by atoms with Crippen LogP contribution in [-0.4, -0.2) is 27.8 Å². The van der Waals surface area contributed by atoms with Gasteiger partial charge in [0.1, 0.15) is 17.7 Å². The number of carbonyl (C=O) groups is 1. The first kappa shape index (κ1) is 16.6. The standard InChI is InChI=1S/C17H14F2N4O2/c1-23-9-20-22-16(23)10-4-3-5-11(8-10)21-17(24)14-12(18)6-7-13(19)15(14)25-2/h3-9H,1-2H3,(H,21,24). The third kappa shape index (κ3) is 3.18. The third-order valence-corrected chi connectivity index (χ3v) is 3.58. The Morgan fingerprint density at radius 3 is 2.64 bits per heavy atom. The Hall–Kier alpha value is -3.29. The monoisotopic (exact) mass is 344 g/mol. The minimum Gasteiger partial charge on any atom is -0.493 e. The molecular weight excluding hydrogens is 330 g/mol. The molecule has 6 nitrogen and oxygen atoms in total. The van der Waals surface area contributed by atoms with Gasteiger partial charge in [0.25, 0.3) is 5.91 Å². The maximum atomic E-state index is 14.0. The number of aromatic nitrogens is 3. The number of hydrogen-bond donors (Lipinski definition) is 1. The SMILES string of the molecule is COc1c(F)ccc(F)c1C(=O)Nc1cccc(-c2nncn2C)c1. The molecule has 0 atom stereocenters. The van der Waals surface area contributed by atoms with Gasteiger partial charge < -0.3 is 14.6 Å². The van der Waals surface area contributed by atoms with E-state index in [1.165, 1.54) is 7.11 Å². The lowest BCUT2D eigenvalue weighted by Gasteiger charge is -2.11. The lowest BCUT2D eigenvalue weighted by molar-refractivity contribution is 0.101. The summed E-state index contributed by atoms with van der Waals surface area (Å²) in [6, 6.07) is 8.57. The molecule has 2 aromatic carbocycles. The van der Waals surface area contributed by atoms with Crippen LogP contribution < -0.4 is 10.1 Å². The number of nitrogens with zero attached hydrogens (tertiary/aromatic N) is 3. The van der Waals surface area contributed by atoms with Crippen LogP contribution in [-0.2, 0) is 7.05 Å². The largest absolute Gasteiger partial charge is 0.493 e. The van der Waals surface area contributed by atoms with Gasteiger partial charge in [-0.1, -0.05) is 12.1 Å². The molecular formula is C17H14F2N4O2. The molecule has 0 aliphatic rings. The number of hydrogen-bond acceptors (Lipinski definition) is 4. The number of rotatable bonds is 4. The van der Waals surface area contributed by atoms with Gasteiger partial charge in [0.15, 0.2) is 17.4 Å². The second kappa shape index (κ2) is 6.68. The Bertz CT molecular complexity index is 940. The maximum absolute atomic E-state index is 14.0. The van der Waals surface area contributed by atoms with E-state index in [-0.39, 0.29) is 0 Å². The van der Waals surface area contributed by atoms with E-state index in [4.69, 9.17) is 4.74 Å². The average molecular weight is 344 g/mol. The summed E-state index contributed by atoms with van der Waals surface area (Å²) in [4.78, 5) is 12.4. The summed E-state index contributed by atoms with van der Waals surface area (Å²) < 4.78 is 34.3. The van der Waals surface area contributed by atoms with Crippen LogP contribution in [0.25, 0.3) is 11.4 Å². The number of methoxy groups -OCH3 is 1. The van der Waals surface area contributed by atoms with Gasteiger partial charge >= 0.3 is 0 Å². The highest BCUT2D eigenvalue weighted by molar-refractivity contribution is 6.06. The lowest BCUT2D eigenvalue weighted by atomic mass is 10.1. The second-order valence-electron chi connectivity index (χ2n) is 5.24. The van der Waals surface area contributed by atoms with Crippen molar-refractivity contribution < 1.29 is 18.3 Å². The minimum absolute atomic E-state index is 0.399. The number of nitrogens with one attached hydrogen (secondary N) is 1. The van der Waals surface area contributed by atoms with Gasteiger partial charge in [-0.2, -0.15) is 0 Å². The van der Waals surface area contributed by atoms with Gasteiger partial charge in [-0.15, -0.1) is 10.2 Å². The first-order valence-electron chi connectivity index (χ1n) is 7.29. The Kier molecular flexibility index (Phi) is 4.42. The molecule has 3 aromatic rings. The summed E-state index contributed by atoms with van der Waals surface area (Å²) >= 11 is 0. The van der Waals surface area contributed by atoms with Crippen LogP contribution in [0.15, 0.2) is 42.7 Å². The van der Waals surface area contributed by atoms with Crippen molar-refractivity contribution in [1.29, 1.82) is 0 Å². The Balaban J connectivity index is 1.93. The first-order chi connectivity index (χ1) is 12.0. The van der Waals surface area contributed by atoms with E-state index in [2.05, 4.69) is 15.5 Å². The predicted molar refractivity (Wildman–Crippen MR) is 87.3 cm³/mol. The van der Waals surface area contributed by atoms with E-state index < -0.39 is 28.9 Å². The van der Waals surface area contributed by atoms with Gasteiger partial charge in [-0.05, 0) is 24.3 Å². The van der Waals surface area contributed by atoms with E-state index in [1.807, 2.05) is 0 Å². The smallest absolute Gasteiger partial charge is 0.262 e. The zero-order valence-corrected chi connectivity index (χ0v) is 13.5. The molecule has 25 heavy (non-hydrogen) atoms. The predicted octanol–water partition coefficient (Wildman–Crippen LogP) is 3.02. The molecule has 3 rings (SSSR count). The molecule has 1 aromatic heterocycles. The summed E-state index contributed by atoms with van der Waals surface area (Å²) in [5, 5.41) is 10.3. The molecule has 1 amide bonds. The van der Waals surface area contributed by atoms with Crippen LogP contribution in [0, 0.1) is 11.6 Å². The number of halogens is 2. The fourth-order valence-electron chi connectivity index (χ4n) is 2.42. The Morgan fingerprint density at radius 1 is 1.20 bits per heavy atom. The number of amides is 1. The van der Waals surface area contributed by atoms with Crippen LogP contribution in [0.3, 0.4) is 0 Å². The van der Waals surface area contributed by atoms with Crippen molar-refractivity contribution >= 4 is 11.6 Å². The third-order valence-electron chi connectivity index (χ3n) is 3.58. The summed E-state index contributed by atoms with van der Waals surface area (Å²) in [6.45, 7) is 0. The molecule has 0 aliphatic heterocycles. The number of benzene rings is 2. The molecule has 0 aliphatic carbocycles. The molecule has 8 heteroatoms. The minimum atomic E-state index is -0.875. The number of ether oxygens (including phenoxy) is 1. The normalized spacial score (nSPS) is 10.6. The second-order valence-corrected chi connectivity index (χ2v) is 5.24. The lowest BCUT2D eigenvalue weighted by Crippen LogP contribution is -2.16. The van der Waals surface area contributed by atoms with Crippen LogP contribution in [0.1, 0.15) is 10.4 Å². The first-order valence-corrected chi connectivity index (χ1v) is 7.29. The molecule has 0 spiro atoms. The maximum Gasteiger partial charge on any atom is 0.262 e. The number of anilines is 1. The summed E-state index contributed by atoms with van der Waals surface area (Å²) in [5.74, 6) is -2.35. The quantitative estimate of drug-likeness (QED) is 0.790. The van der Waals surface area contributed by atoms with Gasteiger partial charge in [-0.3, -0.25) is 4.79 Å². The van der Waals surface area contributed by atoms with Crippen molar-refractivity contribution in [2.75, 3.05) is 12.4 Å². The van der Waals surface area contributed by atoms with E-state index in [1.54, 1.807) is 42.2 Å².